The molecule has 15 heavy (non-hydrogen) atoms. The van der Waals surface area contributed by atoms with E-state index in [0.29, 0.717) is 0 Å². The number of hydrogen-bond donors (Lipinski definition) is 3. The molecule has 0 radical (unpaired) electrons. The van der Waals surface area contributed by atoms with Gasteiger partial charge in [0, 0.05) is 0 Å². The zero-order valence-electron chi connectivity index (χ0n) is 8.90. The van der Waals surface area contributed by atoms with Crippen molar-refractivity contribution in [3.8, 4) is 0 Å². The number of likely N-dealkylation sites (N-methyl/N-ethyl adjacent to an activating group) is 1. The van der Waals surface area contributed by atoms with Crippen LogP contribution in [0.15, 0.2) is 24.3 Å². The average Bonchev–Trinajstić information content (AvgIpc) is 2.18. The summed E-state index contributed by atoms with van der Waals surface area (Å²) in [5.74, 6) is -1.00. The number of benzene rings is 1. The molecule has 4 nitrogen and oxygen atoms in total. The van der Waals surface area contributed by atoms with Crippen LogP contribution in [-0.2, 0) is 4.79 Å². The van der Waals surface area contributed by atoms with Crippen molar-refractivity contribution in [3.05, 3.63) is 35.4 Å². The summed E-state index contributed by atoms with van der Waals surface area (Å²) in [7, 11) is 1.70. The Morgan fingerprint density at radius 3 is 2.67 bits per heavy atom. The highest BCUT2D eigenvalue weighted by Gasteiger charge is 2.23. The van der Waals surface area contributed by atoms with Crippen molar-refractivity contribution in [2.75, 3.05) is 7.05 Å². The Morgan fingerprint density at radius 2 is 2.20 bits per heavy atom. The van der Waals surface area contributed by atoms with Gasteiger partial charge in [-0.3, -0.25) is 4.79 Å². The maximum Gasteiger partial charge on any atom is 0.322 e. The van der Waals surface area contributed by atoms with Gasteiger partial charge in [-0.05, 0) is 19.5 Å². The molecule has 0 spiro atoms. The second-order valence-electron chi connectivity index (χ2n) is 3.54. The van der Waals surface area contributed by atoms with E-state index in [9.17, 15) is 4.79 Å². The molecular formula is C11H16N2O2. The van der Waals surface area contributed by atoms with Gasteiger partial charge in [0.05, 0.1) is 6.04 Å². The summed E-state index contributed by atoms with van der Waals surface area (Å²) in [5.41, 5.74) is 7.58. The molecule has 0 heterocycles. The second kappa shape index (κ2) is 4.91. The lowest BCUT2D eigenvalue weighted by molar-refractivity contribution is -0.139. The van der Waals surface area contributed by atoms with Crippen LogP contribution in [0.4, 0.5) is 0 Å². The van der Waals surface area contributed by atoms with E-state index >= 15 is 0 Å². The SMILES string of the molecule is CNC(c1cccc(C)c1)C(N)C(=O)O. The smallest absolute Gasteiger partial charge is 0.322 e. The molecule has 0 saturated carbocycles. The lowest BCUT2D eigenvalue weighted by Crippen LogP contribution is -2.42. The van der Waals surface area contributed by atoms with E-state index in [2.05, 4.69) is 5.32 Å². The largest absolute Gasteiger partial charge is 0.480 e. The molecule has 2 atom stereocenters. The standard InChI is InChI=1S/C11H16N2O2/c1-7-4-3-5-8(6-7)10(13-2)9(12)11(14)15/h3-6,9-10,13H,12H2,1-2H3,(H,14,15). The van der Waals surface area contributed by atoms with Gasteiger partial charge in [-0.2, -0.15) is 0 Å². The van der Waals surface area contributed by atoms with E-state index < -0.39 is 12.0 Å². The third kappa shape index (κ3) is 2.78. The summed E-state index contributed by atoms with van der Waals surface area (Å²) in [6.45, 7) is 1.96. The summed E-state index contributed by atoms with van der Waals surface area (Å²) in [4.78, 5) is 10.8. The van der Waals surface area contributed by atoms with Crippen molar-refractivity contribution < 1.29 is 9.90 Å². The lowest BCUT2D eigenvalue weighted by atomic mass is 9.98. The summed E-state index contributed by atoms with van der Waals surface area (Å²) >= 11 is 0. The second-order valence-corrected chi connectivity index (χ2v) is 3.54. The third-order valence-corrected chi connectivity index (χ3v) is 2.36. The van der Waals surface area contributed by atoms with Gasteiger partial charge in [0.1, 0.15) is 6.04 Å². The van der Waals surface area contributed by atoms with E-state index in [1.165, 1.54) is 0 Å². The van der Waals surface area contributed by atoms with Gasteiger partial charge in [-0.1, -0.05) is 29.8 Å². The molecule has 0 aliphatic heterocycles. The minimum atomic E-state index is -1.00. The van der Waals surface area contributed by atoms with Crippen LogP contribution in [0.1, 0.15) is 17.2 Å². The monoisotopic (exact) mass is 208 g/mol. The molecule has 0 aliphatic carbocycles. The van der Waals surface area contributed by atoms with Crippen LogP contribution in [-0.4, -0.2) is 24.2 Å². The van der Waals surface area contributed by atoms with E-state index in [-0.39, 0.29) is 6.04 Å². The number of nitrogens with two attached hydrogens (primary N) is 1. The van der Waals surface area contributed by atoms with Crippen molar-refractivity contribution in [1.29, 1.82) is 0 Å². The molecule has 0 bridgehead atoms. The Bertz CT molecular complexity index is 352. The fourth-order valence-electron chi connectivity index (χ4n) is 1.56. The zero-order valence-corrected chi connectivity index (χ0v) is 8.90. The highest BCUT2D eigenvalue weighted by atomic mass is 16.4. The fourth-order valence-corrected chi connectivity index (χ4v) is 1.56. The Balaban J connectivity index is 2.97. The molecule has 0 saturated heterocycles. The Labute approximate surface area is 89.1 Å². The van der Waals surface area contributed by atoms with E-state index in [1.807, 2.05) is 31.2 Å². The van der Waals surface area contributed by atoms with Crippen LogP contribution in [0.2, 0.25) is 0 Å². The van der Waals surface area contributed by atoms with Gasteiger partial charge in [0.25, 0.3) is 0 Å². The first-order valence-electron chi connectivity index (χ1n) is 4.78. The first-order chi connectivity index (χ1) is 7.06. The van der Waals surface area contributed by atoms with Crippen molar-refractivity contribution in [2.24, 2.45) is 5.73 Å². The highest BCUT2D eigenvalue weighted by molar-refractivity contribution is 5.74. The molecule has 2 unspecified atom stereocenters. The fraction of sp³-hybridized carbons (Fsp3) is 0.364. The van der Waals surface area contributed by atoms with Crippen LogP contribution < -0.4 is 11.1 Å². The van der Waals surface area contributed by atoms with Crippen molar-refractivity contribution in [2.45, 2.75) is 19.0 Å². The molecule has 1 aromatic rings. The summed E-state index contributed by atoms with van der Waals surface area (Å²) in [6, 6.07) is 6.37. The van der Waals surface area contributed by atoms with Crippen LogP contribution in [0.3, 0.4) is 0 Å². The van der Waals surface area contributed by atoms with Crippen molar-refractivity contribution >= 4 is 5.97 Å². The first kappa shape index (κ1) is 11.7. The van der Waals surface area contributed by atoms with Gasteiger partial charge < -0.3 is 16.2 Å². The van der Waals surface area contributed by atoms with Crippen molar-refractivity contribution in [1.82, 2.24) is 5.32 Å². The Kier molecular flexibility index (Phi) is 3.82. The minimum absolute atomic E-state index is 0.359. The zero-order chi connectivity index (χ0) is 11.4. The number of rotatable bonds is 4. The van der Waals surface area contributed by atoms with Gasteiger partial charge in [0.2, 0.25) is 0 Å². The lowest BCUT2D eigenvalue weighted by Gasteiger charge is -2.20. The van der Waals surface area contributed by atoms with Gasteiger partial charge in [-0.15, -0.1) is 0 Å². The predicted molar refractivity (Wildman–Crippen MR) is 58.6 cm³/mol. The Hall–Kier alpha value is -1.39. The first-order valence-corrected chi connectivity index (χ1v) is 4.78. The molecule has 0 aromatic heterocycles. The topological polar surface area (TPSA) is 75.3 Å². The average molecular weight is 208 g/mol. The van der Waals surface area contributed by atoms with E-state index in [4.69, 9.17) is 10.8 Å². The molecule has 1 aromatic carbocycles. The van der Waals surface area contributed by atoms with Crippen LogP contribution in [0, 0.1) is 6.92 Å². The van der Waals surface area contributed by atoms with E-state index in [1.54, 1.807) is 7.05 Å². The molecule has 0 aliphatic rings. The maximum atomic E-state index is 10.8. The molecule has 1 rings (SSSR count). The normalized spacial score (nSPS) is 14.6. The molecule has 0 fully saturated rings. The molecular weight excluding hydrogens is 192 g/mol. The third-order valence-electron chi connectivity index (χ3n) is 2.36. The maximum absolute atomic E-state index is 10.8. The number of carboxylic acids is 1. The highest BCUT2D eigenvalue weighted by Crippen LogP contribution is 2.16. The molecule has 82 valence electrons. The van der Waals surface area contributed by atoms with E-state index in [0.717, 1.165) is 11.1 Å². The number of nitrogens with one attached hydrogen (secondary N) is 1. The number of hydrogen-bond acceptors (Lipinski definition) is 3. The molecule has 0 amide bonds. The van der Waals surface area contributed by atoms with Crippen molar-refractivity contribution in [3.63, 3.8) is 0 Å². The summed E-state index contributed by atoms with van der Waals surface area (Å²) in [5, 5.41) is 11.8. The van der Waals surface area contributed by atoms with Crippen LogP contribution in [0.5, 0.6) is 0 Å². The number of carboxylic acid groups (broad SMARTS) is 1. The number of aryl methyl sites for hydroxylation is 1. The quantitative estimate of drug-likeness (QED) is 0.679. The summed E-state index contributed by atoms with van der Waals surface area (Å²) in [6.07, 6.45) is 0. The summed E-state index contributed by atoms with van der Waals surface area (Å²) < 4.78 is 0. The predicted octanol–water partition coefficient (Wildman–Crippen LogP) is 0.667. The molecule has 4 N–H and O–H groups in total. The van der Waals surface area contributed by atoms with Crippen LogP contribution >= 0.6 is 0 Å². The number of aliphatic carboxylic acids is 1. The molecule has 4 heteroatoms. The van der Waals surface area contributed by atoms with Gasteiger partial charge in [0.15, 0.2) is 0 Å². The minimum Gasteiger partial charge on any atom is -0.480 e. The van der Waals surface area contributed by atoms with Gasteiger partial charge in [-0.25, -0.2) is 0 Å². The Morgan fingerprint density at radius 1 is 1.53 bits per heavy atom. The van der Waals surface area contributed by atoms with Crippen LogP contribution in [0.25, 0.3) is 0 Å². The number of carbonyl (C=O) groups is 1. The van der Waals surface area contributed by atoms with Gasteiger partial charge >= 0.3 is 5.97 Å².